The summed E-state index contributed by atoms with van der Waals surface area (Å²) in [5, 5.41) is 3.40. The first kappa shape index (κ1) is 36.7. The number of piperazine rings is 1. The normalized spacial score (nSPS) is 13.5. The molecule has 0 bridgehead atoms. The van der Waals surface area contributed by atoms with Crippen molar-refractivity contribution < 1.29 is 23.7 Å². The summed E-state index contributed by atoms with van der Waals surface area (Å²) in [6.45, 7) is 6.30. The highest BCUT2D eigenvalue weighted by Gasteiger charge is 2.22. The van der Waals surface area contributed by atoms with Crippen LogP contribution in [0.15, 0.2) is 109 Å². The maximum Gasteiger partial charge on any atom is 0.269 e. The molecule has 2 aliphatic heterocycles. The molecule has 5 aromatic rings. The Morgan fingerprint density at radius 1 is 0.820 bits per heavy atom. The largest absolute Gasteiger partial charge is 0.484 e. The SMILES string of the molecule is Cc1cccc(N(C)C(=S)Oc2ccc3ccccc3c2)c1.Cl.O=C(COc1ccc(Cl)cc1)N1CCN(Cc2ccc3c(c2)OCO3)CC1. The topological polar surface area (TPSA) is 63.7 Å². The molecule has 50 heavy (non-hydrogen) atoms. The van der Waals surface area contributed by atoms with E-state index in [-0.39, 0.29) is 31.7 Å². The van der Waals surface area contributed by atoms with E-state index in [1.807, 2.05) is 71.4 Å². The molecule has 0 atom stereocenters. The Labute approximate surface area is 309 Å². The number of amides is 1. The van der Waals surface area contributed by atoms with Gasteiger partial charge in [0.1, 0.15) is 11.5 Å². The third-order valence-electron chi connectivity index (χ3n) is 8.33. The molecular weight excluding hydrogens is 693 g/mol. The zero-order chi connectivity index (χ0) is 34.2. The average Bonchev–Trinajstić information content (AvgIpc) is 3.60. The van der Waals surface area contributed by atoms with Crippen molar-refractivity contribution in [1.82, 2.24) is 9.80 Å². The van der Waals surface area contributed by atoms with Crippen LogP contribution >= 0.6 is 36.2 Å². The number of benzene rings is 5. The van der Waals surface area contributed by atoms with Gasteiger partial charge in [0.25, 0.3) is 11.1 Å². The summed E-state index contributed by atoms with van der Waals surface area (Å²) < 4.78 is 22.2. The molecule has 1 amide bonds. The number of carbonyl (C=O) groups excluding carboxylic acids is 1. The molecule has 7 rings (SSSR count). The molecule has 0 radical (unpaired) electrons. The molecule has 8 nitrogen and oxygen atoms in total. The molecule has 5 aromatic carbocycles. The number of anilines is 1. The van der Waals surface area contributed by atoms with Gasteiger partial charge in [-0.15, -0.1) is 12.4 Å². The molecule has 1 saturated heterocycles. The van der Waals surface area contributed by atoms with Gasteiger partial charge < -0.3 is 28.7 Å². The minimum absolute atomic E-state index is 0. The van der Waals surface area contributed by atoms with Crippen LogP contribution in [0.4, 0.5) is 5.69 Å². The zero-order valence-electron chi connectivity index (χ0n) is 27.9. The van der Waals surface area contributed by atoms with Gasteiger partial charge in [-0.05, 0) is 102 Å². The van der Waals surface area contributed by atoms with Crippen LogP contribution < -0.4 is 23.8 Å². The number of carbonyl (C=O) groups is 1. The second-order valence-electron chi connectivity index (χ2n) is 11.9. The lowest BCUT2D eigenvalue weighted by molar-refractivity contribution is -0.135. The second-order valence-corrected chi connectivity index (χ2v) is 12.6. The van der Waals surface area contributed by atoms with Crippen molar-refractivity contribution in [2.24, 2.45) is 0 Å². The Hall–Kier alpha value is -4.54. The molecule has 0 aromatic heterocycles. The van der Waals surface area contributed by atoms with Crippen molar-refractivity contribution in [3.05, 3.63) is 125 Å². The van der Waals surface area contributed by atoms with E-state index in [1.54, 1.807) is 24.3 Å². The van der Waals surface area contributed by atoms with Gasteiger partial charge in [-0.25, -0.2) is 0 Å². The molecular formula is C39H39Cl2N3O5S. The van der Waals surface area contributed by atoms with E-state index in [1.165, 1.54) is 16.5 Å². The van der Waals surface area contributed by atoms with Crippen molar-refractivity contribution in [1.29, 1.82) is 0 Å². The summed E-state index contributed by atoms with van der Waals surface area (Å²) >= 11 is 11.3. The highest BCUT2D eigenvalue weighted by atomic mass is 35.5. The van der Waals surface area contributed by atoms with Gasteiger partial charge in [0.15, 0.2) is 18.1 Å². The number of ether oxygens (including phenoxy) is 4. The van der Waals surface area contributed by atoms with Crippen LogP contribution in [-0.2, 0) is 11.3 Å². The van der Waals surface area contributed by atoms with Gasteiger partial charge in [-0.2, -0.15) is 0 Å². The third kappa shape index (κ3) is 9.79. The summed E-state index contributed by atoms with van der Waals surface area (Å²) in [5.41, 5.74) is 3.40. The molecule has 11 heteroatoms. The van der Waals surface area contributed by atoms with Gasteiger partial charge in [0, 0.05) is 50.5 Å². The van der Waals surface area contributed by atoms with E-state index in [0.29, 0.717) is 29.0 Å². The van der Waals surface area contributed by atoms with E-state index < -0.39 is 0 Å². The van der Waals surface area contributed by atoms with Gasteiger partial charge in [-0.3, -0.25) is 9.69 Å². The zero-order valence-corrected chi connectivity index (χ0v) is 30.3. The number of hydrogen-bond donors (Lipinski definition) is 0. The Bertz CT molecular complexity index is 1920. The summed E-state index contributed by atoms with van der Waals surface area (Å²) in [4.78, 5) is 18.4. The van der Waals surface area contributed by atoms with E-state index >= 15 is 0 Å². The molecule has 260 valence electrons. The molecule has 0 aliphatic carbocycles. The predicted octanol–water partition coefficient (Wildman–Crippen LogP) is 8.16. The second kappa shape index (κ2) is 17.4. The first-order valence-electron chi connectivity index (χ1n) is 16.1. The van der Waals surface area contributed by atoms with E-state index in [2.05, 4.69) is 42.2 Å². The summed E-state index contributed by atoms with van der Waals surface area (Å²) in [7, 11) is 1.91. The first-order chi connectivity index (χ1) is 23.8. The van der Waals surface area contributed by atoms with Gasteiger partial charge >= 0.3 is 0 Å². The summed E-state index contributed by atoms with van der Waals surface area (Å²) in [6.07, 6.45) is 0. The van der Waals surface area contributed by atoms with Crippen molar-refractivity contribution in [2.45, 2.75) is 13.5 Å². The van der Waals surface area contributed by atoms with Crippen LogP contribution in [0.25, 0.3) is 10.8 Å². The Morgan fingerprint density at radius 3 is 2.30 bits per heavy atom. The first-order valence-corrected chi connectivity index (χ1v) is 16.9. The van der Waals surface area contributed by atoms with E-state index in [9.17, 15) is 4.79 Å². The Morgan fingerprint density at radius 2 is 1.54 bits per heavy atom. The fourth-order valence-corrected chi connectivity index (χ4v) is 5.89. The van der Waals surface area contributed by atoms with Gasteiger partial charge in [0.05, 0.1) is 0 Å². The minimum Gasteiger partial charge on any atom is -0.484 e. The number of halogens is 2. The van der Waals surface area contributed by atoms with Crippen LogP contribution in [0, 0.1) is 6.92 Å². The molecule has 0 spiro atoms. The number of rotatable bonds is 7. The minimum atomic E-state index is 0. The van der Waals surface area contributed by atoms with Crippen LogP contribution in [-0.4, -0.2) is 67.5 Å². The predicted molar refractivity (Wildman–Crippen MR) is 205 cm³/mol. The maximum atomic E-state index is 12.4. The highest BCUT2D eigenvalue weighted by Crippen LogP contribution is 2.33. The Balaban J connectivity index is 0.000000195. The number of aryl methyl sites for hydroxylation is 1. The monoisotopic (exact) mass is 731 g/mol. The molecule has 0 N–H and O–H groups in total. The van der Waals surface area contributed by atoms with Crippen LogP contribution in [0.3, 0.4) is 0 Å². The Kier molecular flexibility index (Phi) is 12.8. The van der Waals surface area contributed by atoms with Crippen LogP contribution in [0.2, 0.25) is 5.02 Å². The third-order valence-corrected chi connectivity index (χ3v) is 8.94. The average molecular weight is 733 g/mol. The lowest BCUT2D eigenvalue weighted by Crippen LogP contribution is -2.49. The van der Waals surface area contributed by atoms with Gasteiger partial charge in [0.2, 0.25) is 6.79 Å². The number of fused-ring (bicyclic) bond motifs is 2. The van der Waals surface area contributed by atoms with Gasteiger partial charge in [-0.1, -0.05) is 60.1 Å². The fraction of sp³-hybridized carbons (Fsp3) is 0.231. The molecule has 1 fully saturated rings. The highest BCUT2D eigenvalue weighted by molar-refractivity contribution is 7.80. The molecule has 2 aliphatic rings. The lowest BCUT2D eigenvalue weighted by Gasteiger charge is -2.34. The summed E-state index contributed by atoms with van der Waals surface area (Å²) in [6, 6.07) is 35.4. The molecule has 0 saturated carbocycles. The van der Waals surface area contributed by atoms with Crippen LogP contribution in [0.1, 0.15) is 11.1 Å². The standard InChI is InChI=1S/C20H21ClN2O4.C19H17NOS.ClH/c21-16-2-4-17(5-3-16)25-13-20(24)23-9-7-22(8-10-23)12-15-1-6-18-19(11-15)27-14-26-18;1-14-6-5-9-17(12-14)20(2)19(22)21-18-11-10-15-7-3-4-8-16(15)13-18;/h1-6,11H,7-10,12-14H2;3-13H,1-2H3;1H. The number of hydrogen-bond acceptors (Lipinski definition) is 7. The van der Waals surface area contributed by atoms with Crippen molar-refractivity contribution >= 4 is 63.8 Å². The quantitative estimate of drug-likeness (QED) is 0.156. The lowest BCUT2D eigenvalue weighted by atomic mass is 10.1. The smallest absolute Gasteiger partial charge is 0.269 e. The summed E-state index contributed by atoms with van der Waals surface area (Å²) in [5.74, 6) is 3.01. The fourth-order valence-electron chi connectivity index (χ4n) is 5.56. The molecule has 0 unspecified atom stereocenters. The molecule has 2 heterocycles. The number of thiocarbonyl (C=S) groups is 1. The van der Waals surface area contributed by atoms with Crippen LogP contribution in [0.5, 0.6) is 23.0 Å². The van der Waals surface area contributed by atoms with E-state index in [4.69, 9.17) is 42.8 Å². The van der Waals surface area contributed by atoms with Crippen molar-refractivity contribution in [2.75, 3.05) is 51.5 Å². The van der Waals surface area contributed by atoms with Crippen molar-refractivity contribution in [3.8, 4) is 23.0 Å². The number of nitrogens with zero attached hydrogens (tertiary/aromatic N) is 3. The van der Waals surface area contributed by atoms with E-state index in [0.717, 1.165) is 48.0 Å². The maximum absolute atomic E-state index is 12.4. The van der Waals surface area contributed by atoms with Crippen molar-refractivity contribution in [3.63, 3.8) is 0 Å².